The molecule has 1 aromatic carbocycles. The normalized spacial score (nSPS) is 28.6. The first-order valence-corrected chi connectivity index (χ1v) is 13.3. The second kappa shape index (κ2) is 10.3. The molecule has 0 radical (unpaired) electrons. The van der Waals surface area contributed by atoms with E-state index in [9.17, 15) is 4.79 Å². The predicted octanol–water partition coefficient (Wildman–Crippen LogP) is 6.33. The zero-order valence-corrected chi connectivity index (χ0v) is 21.5. The van der Waals surface area contributed by atoms with E-state index < -0.39 is 0 Å². The number of fused-ring (bicyclic) bond motifs is 2. The summed E-state index contributed by atoms with van der Waals surface area (Å²) in [7, 11) is 0. The molecule has 0 bridgehead atoms. The number of rotatable bonds is 4. The molecule has 1 aromatic heterocycles. The van der Waals surface area contributed by atoms with Gasteiger partial charge in [-0.3, -0.25) is 4.79 Å². The lowest BCUT2D eigenvalue weighted by atomic mass is 9.85. The molecule has 3 heterocycles. The molecule has 0 spiro atoms. The van der Waals surface area contributed by atoms with E-state index >= 15 is 0 Å². The molecule has 6 nitrogen and oxygen atoms in total. The van der Waals surface area contributed by atoms with Crippen LogP contribution in [-0.2, 0) is 20.8 Å². The number of hydrogen-bond acceptors (Lipinski definition) is 5. The van der Waals surface area contributed by atoms with Gasteiger partial charge in [0.15, 0.2) is 0 Å². The van der Waals surface area contributed by atoms with Crippen molar-refractivity contribution in [3.8, 4) is 0 Å². The molecule has 3 aliphatic rings. The lowest BCUT2D eigenvalue weighted by Gasteiger charge is -2.34. The first-order valence-electron chi connectivity index (χ1n) is 13.3. The quantitative estimate of drug-likeness (QED) is 0.558. The fourth-order valence-corrected chi connectivity index (χ4v) is 6.12. The molecule has 1 aliphatic carbocycles. The molecule has 2 fully saturated rings. The Morgan fingerprint density at radius 1 is 1.11 bits per heavy atom. The van der Waals surface area contributed by atoms with Crippen LogP contribution in [0.3, 0.4) is 0 Å². The zero-order chi connectivity index (χ0) is 24.5. The Morgan fingerprint density at radius 2 is 1.86 bits per heavy atom. The van der Waals surface area contributed by atoms with Gasteiger partial charge in [-0.2, -0.15) is 0 Å². The van der Waals surface area contributed by atoms with E-state index in [0.29, 0.717) is 12.5 Å². The van der Waals surface area contributed by atoms with Gasteiger partial charge in [-0.1, -0.05) is 12.1 Å². The monoisotopic (exact) mass is 477 g/mol. The third kappa shape index (κ3) is 5.39. The largest absolute Gasteiger partial charge is 0.376 e. The van der Waals surface area contributed by atoms with Crippen LogP contribution in [0.4, 0.5) is 17.2 Å². The molecule has 2 atom stereocenters. The van der Waals surface area contributed by atoms with Crippen molar-refractivity contribution < 1.29 is 14.3 Å². The molecule has 1 saturated carbocycles. The van der Waals surface area contributed by atoms with E-state index in [0.717, 1.165) is 61.3 Å². The van der Waals surface area contributed by atoms with Crippen molar-refractivity contribution in [3.63, 3.8) is 0 Å². The number of pyridine rings is 1. The number of amides is 1. The van der Waals surface area contributed by atoms with Gasteiger partial charge in [0.1, 0.15) is 5.82 Å². The summed E-state index contributed by atoms with van der Waals surface area (Å²) in [5, 5.41) is 3.52. The number of ether oxygens (including phenoxy) is 2. The van der Waals surface area contributed by atoms with Crippen LogP contribution in [0, 0.1) is 5.92 Å². The maximum Gasteiger partial charge on any atom is 0.230 e. The van der Waals surface area contributed by atoms with Crippen LogP contribution in [-0.4, -0.2) is 35.3 Å². The minimum atomic E-state index is 0.0277. The predicted molar refractivity (Wildman–Crippen MR) is 139 cm³/mol. The van der Waals surface area contributed by atoms with Gasteiger partial charge in [-0.25, -0.2) is 4.98 Å². The topological polar surface area (TPSA) is 63.7 Å². The molecule has 1 amide bonds. The number of nitrogens with one attached hydrogen (secondary N) is 1. The van der Waals surface area contributed by atoms with E-state index in [2.05, 4.69) is 62.3 Å². The molecule has 5 rings (SSSR count). The van der Waals surface area contributed by atoms with Gasteiger partial charge >= 0.3 is 0 Å². The van der Waals surface area contributed by atoms with Gasteiger partial charge in [0.2, 0.25) is 5.91 Å². The van der Waals surface area contributed by atoms with Crippen molar-refractivity contribution in [2.45, 2.75) is 103 Å². The number of hydrogen-bond donors (Lipinski definition) is 1. The first-order chi connectivity index (χ1) is 16.9. The fraction of sp³-hybridized carbons (Fsp3) is 0.586. The minimum Gasteiger partial charge on any atom is -0.376 e. The summed E-state index contributed by atoms with van der Waals surface area (Å²) in [6.45, 7) is 9.02. The summed E-state index contributed by atoms with van der Waals surface area (Å²) >= 11 is 0. The molecule has 188 valence electrons. The number of aromatic nitrogens is 1. The molecular formula is C29H39N3O3. The highest BCUT2D eigenvalue weighted by molar-refractivity contribution is 5.99. The maximum atomic E-state index is 14.0. The fourth-order valence-electron chi connectivity index (χ4n) is 6.12. The first kappa shape index (κ1) is 24.3. The van der Waals surface area contributed by atoms with E-state index in [1.807, 2.05) is 11.0 Å². The summed E-state index contributed by atoms with van der Waals surface area (Å²) in [6, 6.07) is 10.6. The van der Waals surface area contributed by atoms with Gasteiger partial charge in [0.05, 0.1) is 42.3 Å². The lowest BCUT2D eigenvalue weighted by Crippen LogP contribution is -2.38. The summed E-state index contributed by atoms with van der Waals surface area (Å²) in [5.74, 6) is 1.51. The summed E-state index contributed by atoms with van der Waals surface area (Å²) < 4.78 is 12.0. The van der Waals surface area contributed by atoms with Crippen molar-refractivity contribution in [3.05, 3.63) is 47.7 Å². The average Bonchev–Trinajstić information content (AvgIpc) is 2.99. The highest BCUT2D eigenvalue weighted by Crippen LogP contribution is 2.41. The Labute approximate surface area is 209 Å². The molecule has 1 N–H and O–H groups in total. The Kier molecular flexibility index (Phi) is 7.12. The molecule has 2 unspecified atom stereocenters. The van der Waals surface area contributed by atoms with Gasteiger partial charge in [-0.05, 0) is 95.9 Å². The highest BCUT2D eigenvalue weighted by Gasteiger charge is 2.34. The molecule has 2 aliphatic heterocycles. The number of nitrogens with zero attached hydrogens (tertiary/aromatic N) is 2. The number of carbonyl (C=O) groups excluding carboxylic acids is 1. The van der Waals surface area contributed by atoms with Crippen molar-refractivity contribution >= 4 is 23.1 Å². The van der Waals surface area contributed by atoms with Crippen molar-refractivity contribution in [1.29, 1.82) is 0 Å². The van der Waals surface area contributed by atoms with Crippen molar-refractivity contribution in [2.24, 2.45) is 5.92 Å². The number of benzene rings is 1. The Morgan fingerprint density at radius 3 is 2.57 bits per heavy atom. The highest BCUT2D eigenvalue weighted by atomic mass is 16.5. The third-order valence-electron chi connectivity index (χ3n) is 7.71. The van der Waals surface area contributed by atoms with Crippen LogP contribution in [0.15, 0.2) is 36.5 Å². The average molecular weight is 478 g/mol. The van der Waals surface area contributed by atoms with E-state index in [1.54, 1.807) is 6.20 Å². The molecule has 6 heteroatoms. The van der Waals surface area contributed by atoms with Crippen LogP contribution in [0.25, 0.3) is 0 Å². The Balaban J connectivity index is 1.44. The smallest absolute Gasteiger partial charge is 0.230 e. The zero-order valence-electron chi connectivity index (χ0n) is 21.5. The number of anilines is 3. The van der Waals surface area contributed by atoms with Crippen molar-refractivity contribution in [2.75, 3.05) is 10.2 Å². The van der Waals surface area contributed by atoms with Crippen LogP contribution in [0.1, 0.15) is 83.3 Å². The molecule has 2 aromatic rings. The van der Waals surface area contributed by atoms with Gasteiger partial charge in [0.25, 0.3) is 0 Å². The second-order valence-electron chi connectivity index (χ2n) is 10.9. The Hall–Kier alpha value is -2.44. The van der Waals surface area contributed by atoms with Gasteiger partial charge in [-0.15, -0.1) is 0 Å². The molecule has 35 heavy (non-hydrogen) atoms. The van der Waals surface area contributed by atoms with Crippen molar-refractivity contribution in [1.82, 2.24) is 4.98 Å². The third-order valence-corrected chi connectivity index (χ3v) is 7.71. The Bertz CT molecular complexity index is 1040. The lowest BCUT2D eigenvalue weighted by molar-refractivity contribution is -0.124. The van der Waals surface area contributed by atoms with E-state index in [1.165, 1.54) is 5.56 Å². The standard InChI is InChI=1S/C29H39N3O3/c1-18(2)34-25-10-7-21(8-11-25)29(33)32-17-23-6-5-13-30-28(23)31-26-12-9-22(16-27(26)32)24-14-19(3)35-20(4)15-24/h5-6,9,12-13,16,18-21,24-25H,7-8,10-11,14-15,17H2,1-4H3,(H,30,31)/t19?,20?,21-,24?,25-. The van der Waals surface area contributed by atoms with E-state index in [-0.39, 0.29) is 36.2 Å². The molecular weight excluding hydrogens is 438 g/mol. The van der Waals surface area contributed by atoms with Crippen LogP contribution in [0.5, 0.6) is 0 Å². The summed E-state index contributed by atoms with van der Waals surface area (Å²) in [5.41, 5.74) is 4.25. The number of carbonyl (C=O) groups is 1. The van der Waals surface area contributed by atoms with Crippen LogP contribution < -0.4 is 10.2 Å². The summed E-state index contributed by atoms with van der Waals surface area (Å²) in [4.78, 5) is 20.6. The maximum absolute atomic E-state index is 14.0. The van der Waals surface area contributed by atoms with Crippen LogP contribution in [0.2, 0.25) is 0 Å². The summed E-state index contributed by atoms with van der Waals surface area (Å²) in [6.07, 6.45) is 8.46. The minimum absolute atomic E-state index is 0.0277. The van der Waals surface area contributed by atoms with Crippen LogP contribution >= 0.6 is 0 Å². The van der Waals surface area contributed by atoms with E-state index in [4.69, 9.17) is 9.47 Å². The molecule has 1 saturated heterocycles. The van der Waals surface area contributed by atoms with Gasteiger partial charge < -0.3 is 19.7 Å². The SMILES string of the molecule is CC1CC(c2ccc3c(c2)N(C(=O)[C@H]2CC[C@H](OC(C)C)CC2)Cc2cccnc2N3)CC(C)O1. The van der Waals surface area contributed by atoms with Gasteiger partial charge in [0, 0.05) is 17.7 Å². The second-order valence-corrected chi connectivity index (χ2v) is 10.9.